The van der Waals surface area contributed by atoms with E-state index in [0.717, 1.165) is 36.5 Å². The summed E-state index contributed by atoms with van der Waals surface area (Å²) >= 11 is 0. The van der Waals surface area contributed by atoms with Crippen LogP contribution in [0.3, 0.4) is 0 Å². The Labute approximate surface area is 130 Å². The third-order valence-corrected chi connectivity index (χ3v) is 4.79. The van der Waals surface area contributed by atoms with Crippen LogP contribution in [0.15, 0.2) is 36.8 Å². The summed E-state index contributed by atoms with van der Waals surface area (Å²) in [5, 5.41) is 0. The van der Waals surface area contributed by atoms with Gasteiger partial charge in [-0.1, -0.05) is 12.1 Å². The molecule has 1 aromatic heterocycles. The molecule has 22 heavy (non-hydrogen) atoms. The number of fused-ring (bicyclic) bond motifs is 1. The van der Waals surface area contributed by atoms with Crippen molar-refractivity contribution in [1.29, 1.82) is 0 Å². The van der Waals surface area contributed by atoms with Crippen molar-refractivity contribution in [2.45, 2.75) is 18.9 Å². The number of nitrogens with zero attached hydrogens (tertiary/aromatic N) is 3. The predicted octanol–water partition coefficient (Wildman–Crippen LogP) is 2.00. The maximum Gasteiger partial charge on any atom is 0.253 e. The van der Waals surface area contributed by atoms with E-state index in [9.17, 15) is 4.79 Å². The van der Waals surface area contributed by atoms with Crippen LogP contribution in [0.2, 0.25) is 0 Å². The number of imidazole rings is 1. The van der Waals surface area contributed by atoms with Gasteiger partial charge in [0.2, 0.25) is 0 Å². The second-order valence-corrected chi connectivity index (χ2v) is 6.13. The summed E-state index contributed by atoms with van der Waals surface area (Å²) in [5.74, 6) is 0.146. The van der Waals surface area contributed by atoms with Gasteiger partial charge in [-0.25, -0.2) is 4.98 Å². The molecule has 1 atom stereocenters. The summed E-state index contributed by atoms with van der Waals surface area (Å²) in [5.41, 5.74) is 2.71. The van der Waals surface area contributed by atoms with Gasteiger partial charge in [-0.3, -0.25) is 9.69 Å². The van der Waals surface area contributed by atoms with Gasteiger partial charge in [0.15, 0.2) is 0 Å². The topological polar surface area (TPSA) is 52.2 Å². The molecular weight excluding hydrogens is 276 g/mol. The first kappa shape index (κ1) is 13.5. The SMILES string of the molecule is O=C(c1cccc(-c2cnc[nH]2)c1)N1CCN2CCC[C@H]2C1. The van der Waals surface area contributed by atoms with Crippen molar-refractivity contribution in [3.05, 3.63) is 42.4 Å². The Hall–Kier alpha value is -2.14. The Morgan fingerprint density at radius 1 is 1.27 bits per heavy atom. The third-order valence-electron chi connectivity index (χ3n) is 4.79. The number of carbonyl (C=O) groups excluding carboxylic acids is 1. The first-order valence-corrected chi connectivity index (χ1v) is 7.93. The van der Waals surface area contributed by atoms with Crippen molar-refractivity contribution in [3.8, 4) is 11.3 Å². The van der Waals surface area contributed by atoms with E-state index >= 15 is 0 Å². The molecule has 0 bridgehead atoms. The number of rotatable bonds is 2. The van der Waals surface area contributed by atoms with Gasteiger partial charge in [0.1, 0.15) is 0 Å². The van der Waals surface area contributed by atoms with E-state index in [1.54, 1.807) is 12.5 Å². The molecular formula is C17H20N4O. The van der Waals surface area contributed by atoms with Crippen LogP contribution in [-0.4, -0.2) is 57.9 Å². The van der Waals surface area contributed by atoms with E-state index in [-0.39, 0.29) is 5.91 Å². The number of piperazine rings is 1. The van der Waals surface area contributed by atoms with Crippen molar-refractivity contribution >= 4 is 5.91 Å². The van der Waals surface area contributed by atoms with E-state index in [1.165, 1.54) is 19.4 Å². The molecule has 0 aliphatic carbocycles. The van der Waals surface area contributed by atoms with Crippen LogP contribution < -0.4 is 0 Å². The number of nitrogens with one attached hydrogen (secondary N) is 1. The minimum Gasteiger partial charge on any atom is -0.345 e. The fourth-order valence-corrected chi connectivity index (χ4v) is 3.59. The van der Waals surface area contributed by atoms with Crippen LogP contribution in [-0.2, 0) is 0 Å². The normalized spacial score (nSPS) is 21.8. The van der Waals surface area contributed by atoms with Gasteiger partial charge in [-0.2, -0.15) is 0 Å². The number of aromatic nitrogens is 2. The lowest BCUT2D eigenvalue weighted by atomic mass is 10.1. The Kier molecular flexibility index (Phi) is 3.42. The molecule has 0 saturated carbocycles. The van der Waals surface area contributed by atoms with Crippen LogP contribution in [0.25, 0.3) is 11.3 Å². The number of aromatic amines is 1. The van der Waals surface area contributed by atoms with Crippen LogP contribution in [0.5, 0.6) is 0 Å². The molecule has 5 nitrogen and oxygen atoms in total. The molecule has 1 aromatic carbocycles. The molecule has 0 radical (unpaired) electrons. The molecule has 2 aliphatic heterocycles. The number of benzene rings is 1. The van der Waals surface area contributed by atoms with Gasteiger partial charge in [0.05, 0.1) is 18.2 Å². The second-order valence-electron chi connectivity index (χ2n) is 6.13. The van der Waals surface area contributed by atoms with Gasteiger partial charge in [-0.15, -0.1) is 0 Å². The van der Waals surface area contributed by atoms with Crippen LogP contribution in [0, 0.1) is 0 Å². The number of amides is 1. The van der Waals surface area contributed by atoms with Gasteiger partial charge in [-0.05, 0) is 31.5 Å². The predicted molar refractivity (Wildman–Crippen MR) is 84.5 cm³/mol. The molecule has 2 aliphatic rings. The highest BCUT2D eigenvalue weighted by Gasteiger charge is 2.32. The Morgan fingerprint density at radius 3 is 3.09 bits per heavy atom. The molecule has 4 rings (SSSR count). The quantitative estimate of drug-likeness (QED) is 0.922. The fourth-order valence-electron chi connectivity index (χ4n) is 3.59. The zero-order chi connectivity index (χ0) is 14.9. The van der Waals surface area contributed by atoms with E-state index in [2.05, 4.69) is 14.9 Å². The second kappa shape index (κ2) is 5.57. The van der Waals surface area contributed by atoms with Crippen molar-refractivity contribution in [2.75, 3.05) is 26.2 Å². The molecule has 2 fully saturated rings. The van der Waals surface area contributed by atoms with Gasteiger partial charge >= 0.3 is 0 Å². The summed E-state index contributed by atoms with van der Waals surface area (Å²) in [6.45, 7) is 3.91. The molecule has 3 heterocycles. The number of carbonyl (C=O) groups is 1. The summed E-state index contributed by atoms with van der Waals surface area (Å²) in [6, 6.07) is 8.36. The lowest BCUT2D eigenvalue weighted by Crippen LogP contribution is -2.52. The zero-order valence-corrected chi connectivity index (χ0v) is 12.5. The maximum atomic E-state index is 12.8. The molecule has 5 heteroatoms. The van der Waals surface area contributed by atoms with Crippen molar-refractivity contribution in [3.63, 3.8) is 0 Å². The van der Waals surface area contributed by atoms with Crippen LogP contribution >= 0.6 is 0 Å². The van der Waals surface area contributed by atoms with Crippen molar-refractivity contribution < 1.29 is 4.79 Å². The van der Waals surface area contributed by atoms with Crippen LogP contribution in [0.4, 0.5) is 0 Å². The Bertz CT molecular complexity index is 667. The smallest absolute Gasteiger partial charge is 0.253 e. The fraction of sp³-hybridized carbons (Fsp3) is 0.412. The average Bonchev–Trinajstić information content (AvgIpc) is 3.25. The zero-order valence-electron chi connectivity index (χ0n) is 12.5. The highest BCUT2D eigenvalue weighted by molar-refractivity contribution is 5.95. The van der Waals surface area contributed by atoms with Crippen LogP contribution in [0.1, 0.15) is 23.2 Å². The van der Waals surface area contributed by atoms with Gasteiger partial charge < -0.3 is 9.88 Å². The van der Waals surface area contributed by atoms with E-state index in [4.69, 9.17) is 0 Å². The highest BCUT2D eigenvalue weighted by atomic mass is 16.2. The molecule has 2 saturated heterocycles. The Balaban J connectivity index is 1.54. The maximum absolute atomic E-state index is 12.8. The van der Waals surface area contributed by atoms with E-state index in [1.807, 2.05) is 29.2 Å². The summed E-state index contributed by atoms with van der Waals surface area (Å²) < 4.78 is 0. The van der Waals surface area contributed by atoms with E-state index in [0.29, 0.717) is 6.04 Å². The van der Waals surface area contributed by atoms with Gasteiger partial charge in [0.25, 0.3) is 5.91 Å². The number of hydrogen-bond acceptors (Lipinski definition) is 3. The summed E-state index contributed by atoms with van der Waals surface area (Å²) in [7, 11) is 0. The molecule has 1 N–H and O–H groups in total. The highest BCUT2D eigenvalue weighted by Crippen LogP contribution is 2.23. The van der Waals surface area contributed by atoms with Gasteiger partial charge in [0, 0.05) is 36.8 Å². The summed E-state index contributed by atoms with van der Waals surface area (Å²) in [4.78, 5) is 24.5. The molecule has 0 spiro atoms. The minimum absolute atomic E-state index is 0.146. The first-order chi connectivity index (χ1) is 10.8. The minimum atomic E-state index is 0.146. The van der Waals surface area contributed by atoms with Crippen molar-refractivity contribution in [2.24, 2.45) is 0 Å². The monoisotopic (exact) mass is 296 g/mol. The third kappa shape index (κ3) is 2.41. The Morgan fingerprint density at radius 2 is 2.23 bits per heavy atom. The van der Waals surface area contributed by atoms with E-state index < -0.39 is 0 Å². The number of H-pyrrole nitrogens is 1. The number of hydrogen-bond donors (Lipinski definition) is 1. The lowest BCUT2D eigenvalue weighted by molar-refractivity contribution is 0.0571. The largest absolute Gasteiger partial charge is 0.345 e. The molecule has 2 aromatic rings. The first-order valence-electron chi connectivity index (χ1n) is 7.93. The standard InChI is InChI=1S/C17H20N4O/c22-17(21-8-7-20-6-2-5-15(20)11-21)14-4-1-3-13(9-14)16-10-18-12-19-16/h1,3-4,9-10,12,15H,2,5-8,11H2,(H,18,19)/t15-/m0/s1. The average molecular weight is 296 g/mol. The summed E-state index contributed by atoms with van der Waals surface area (Å²) in [6.07, 6.45) is 5.92. The lowest BCUT2D eigenvalue weighted by Gasteiger charge is -2.37. The van der Waals surface area contributed by atoms with Crippen molar-refractivity contribution in [1.82, 2.24) is 19.8 Å². The molecule has 114 valence electrons. The molecule has 1 amide bonds. The molecule has 0 unspecified atom stereocenters.